The molecule has 5 rings (SSSR count). The van der Waals surface area contributed by atoms with Crippen LogP contribution in [0.15, 0.2) is 5.16 Å². The van der Waals surface area contributed by atoms with Gasteiger partial charge in [0.2, 0.25) is 0 Å². The minimum absolute atomic E-state index is 0.0532. The fourth-order valence-corrected chi connectivity index (χ4v) is 11.5. The van der Waals surface area contributed by atoms with Gasteiger partial charge in [-0.05, 0) is 116 Å². The second kappa shape index (κ2) is 7.46. The summed E-state index contributed by atoms with van der Waals surface area (Å²) in [7, 11) is 0. The Hall–Kier alpha value is -1.10. The predicted molar refractivity (Wildman–Crippen MR) is 133 cm³/mol. The maximum absolute atomic E-state index is 12.8. The molecular formula is C29H47NO4. The SMILES string of the molecule is C/C(=N\O)C1CC[C@]2(C(=O)O)CC[C@]3(C)C(CCC4[C@@]5(C)CC[C@H](O)C(C)(C)C5CC[C@]43C)C12. The fourth-order valence-electron chi connectivity index (χ4n) is 11.5. The first-order chi connectivity index (χ1) is 15.8. The summed E-state index contributed by atoms with van der Waals surface area (Å²) in [5.74, 6) is 1.00. The molecule has 0 bridgehead atoms. The third kappa shape index (κ3) is 2.77. The number of nitrogens with zero attached hydrogens (tertiary/aromatic N) is 1. The van der Waals surface area contributed by atoms with Crippen molar-refractivity contribution in [2.45, 2.75) is 112 Å². The van der Waals surface area contributed by atoms with Gasteiger partial charge >= 0.3 is 5.97 Å². The highest BCUT2D eigenvalue weighted by Crippen LogP contribution is 2.77. The standard InChI is InChI=1S/C29H47NO4/c1-17(30-34)18-9-14-29(24(32)33)16-15-27(5)19(23(18)29)7-8-21-26(4)12-11-22(31)25(2,3)20(26)10-13-28(21,27)6/h18-23,31,34H,7-16H2,1-6H3,(H,32,33)/b30-17+/t18?,19?,20?,21?,22-,23?,26-,27+,28+,29-/m0/s1. The van der Waals surface area contributed by atoms with Gasteiger partial charge in [-0.15, -0.1) is 0 Å². The monoisotopic (exact) mass is 473 g/mol. The summed E-state index contributed by atoms with van der Waals surface area (Å²) in [6.45, 7) is 14.1. The van der Waals surface area contributed by atoms with Crippen molar-refractivity contribution < 1.29 is 20.2 Å². The molecule has 5 aliphatic carbocycles. The van der Waals surface area contributed by atoms with Crippen LogP contribution < -0.4 is 0 Å². The fraction of sp³-hybridized carbons (Fsp3) is 0.931. The first-order valence-electron chi connectivity index (χ1n) is 13.9. The van der Waals surface area contributed by atoms with Crippen LogP contribution in [0.1, 0.15) is 106 Å². The van der Waals surface area contributed by atoms with Crippen LogP contribution in [0.5, 0.6) is 0 Å². The van der Waals surface area contributed by atoms with Gasteiger partial charge in [0, 0.05) is 5.92 Å². The molecule has 192 valence electrons. The molecule has 5 nitrogen and oxygen atoms in total. The molecule has 10 atom stereocenters. The van der Waals surface area contributed by atoms with Gasteiger partial charge in [-0.25, -0.2) is 0 Å². The molecule has 3 N–H and O–H groups in total. The zero-order valence-corrected chi connectivity index (χ0v) is 22.2. The number of fused-ring (bicyclic) bond motifs is 7. The van der Waals surface area contributed by atoms with Crippen molar-refractivity contribution in [3.8, 4) is 0 Å². The van der Waals surface area contributed by atoms with E-state index in [0.29, 0.717) is 24.2 Å². The average Bonchev–Trinajstić information content (AvgIpc) is 3.18. The van der Waals surface area contributed by atoms with Crippen LogP contribution >= 0.6 is 0 Å². The highest BCUT2D eigenvalue weighted by molar-refractivity contribution is 5.87. The minimum Gasteiger partial charge on any atom is -0.481 e. The van der Waals surface area contributed by atoms with Crippen LogP contribution in [-0.2, 0) is 4.79 Å². The van der Waals surface area contributed by atoms with E-state index in [1.165, 1.54) is 6.42 Å². The molecule has 5 unspecified atom stereocenters. The molecule has 5 aliphatic rings. The molecule has 0 aromatic rings. The van der Waals surface area contributed by atoms with E-state index in [1.54, 1.807) is 0 Å². The Labute approximate surface area is 205 Å². The van der Waals surface area contributed by atoms with Crippen LogP contribution in [0.4, 0.5) is 0 Å². The zero-order chi connectivity index (χ0) is 24.9. The number of aliphatic carboxylic acids is 1. The van der Waals surface area contributed by atoms with Crippen LogP contribution in [0, 0.1) is 56.7 Å². The Kier molecular flexibility index (Phi) is 5.39. The van der Waals surface area contributed by atoms with Crippen molar-refractivity contribution >= 4 is 11.7 Å². The number of oxime groups is 1. The number of rotatable bonds is 2. The van der Waals surface area contributed by atoms with E-state index >= 15 is 0 Å². The van der Waals surface area contributed by atoms with Crippen molar-refractivity contribution in [1.82, 2.24) is 0 Å². The van der Waals surface area contributed by atoms with Gasteiger partial charge in [0.05, 0.1) is 17.2 Å². The molecule has 0 spiro atoms. The van der Waals surface area contributed by atoms with Gasteiger partial charge in [-0.2, -0.15) is 0 Å². The van der Waals surface area contributed by atoms with E-state index in [1.807, 2.05) is 6.92 Å². The molecule has 0 aliphatic heterocycles. The summed E-state index contributed by atoms with van der Waals surface area (Å²) in [6.07, 6.45) is 9.63. The van der Waals surface area contributed by atoms with Crippen LogP contribution in [0.25, 0.3) is 0 Å². The van der Waals surface area contributed by atoms with Crippen LogP contribution in [0.3, 0.4) is 0 Å². The number of carboxylic acids is 1. The molecular weight excluding hydrogens is 426 g/mol. The molecule has 0 heterocycles. The van der Waals surface area contributed by atoms with Gasteiger partial charge in [0.25, 0.3) is 0 Å². The second-order valence-electron chi connectivity index (χ2n) is 14.4. The lowest BCUT2D eigenvalue weighted by molar-refractivity contribution is -0.247. The Morgan fingerprint density at radius 1 is 0.824 bits per heavy atom. The largest absolute Gasteiger partial charge is 0.481 e. The lowest BCUT2D eigenvalue weighted by atomic mass is 9.32. The smallest absolute Gasteiger partial charge is 0.309 e. The summed E-state index contributed by atoms with van der Waals surface area (Å²) in [4.78, 5) is 12.8. The summed E-state index contributed by atoms with van der Waals surface area (Å²) in [5.41, 5.74) is 0.490. The van der Waals surface area contributed by atoms with Crippen molar-refractivity contribution in [3.63, 3.8) is 0 Å². The van der Waals surface area contributed by atoms with Crippen molar-refractivity contribution in [2.24, 2.45) is 61.8 Å². The highest BCUT2D eigenvalue weighted by atomic mass is 16.4. The number of carboxylic acid groups (broad SMARTS) is 1. The number of aliphatic hydroxyl groups excluding tert-OH is 1. The molecule has 34 heavy (non-hydrogen) atoms. The van der Waals surface area contributed by atoms with E-state index < -0.39 is 11.4 Å². The first kappa shape index (κ1) is 24.6. The summed E-state index contributed by atoms with van der Waals surface area (Å²) in [6, 6.07) is 0. The third-order valence-electron chi connectivity index (χ3n) is 13.5. The summed E-state index contributed by atoms with van der Waals surface area (Å²) >= 11 is 0. The van der Waals surface area contributed by atoms with E-state index in [9.17, 15) is 20.2 Å². The summed E-state index contributed by atoms with van der Waals surface area (Å²) in [5, 5.41) is 34.6. The Morgan fingerprint density at radius 2 is 1.53 bits per heavy atom. The molecule has 0 aromatic carbocycles. The molecule has 5 saturated carbocycles. The molecule has 5 fully saturated rings. The number of hydrogen-bond acceptors (Lipinski definition) is 4. The third-order valence-corrected chi connectivity index (χ3v) is 13.5. The lowest BCUT2D eigenvalue weighted by Crippen LogP contribution is -2.67. The number of carbonyl (C=O) groups is 1. The van der Waals surface area contributed by atoms with Gasteiger partial charge < -0.3 is 15.4 Å². The van der Waals surface area contributed by atoms with E-state index in [4.69, 9.17) is 0 Å². The molecule has 0 aromatic heterocycles. The van der Waals surface area contributed by atoms with Crippen molar-refractivity contribution in [3.05, 3.63) is 0 Å². The number of aliphatic hydroxyl groups is 1. The Morgan fingerprint density at radius 3 is 2.18 bits per heavy atom. The quantitative estimate of drug-likeness (QED) is 0.247. The maximum Gasteiger partial charge on any atom is 0.309 e. The molecule has 5 heteroatoms. The lowest BCUT2D eigenvalue weighted by Gasteiger charge is -2.72. The van der Waals surface area contributed by atoms with Crippen molar-refractivity contribution in [2.75, 3.05) is 0 Å². The normalized spacial score (nSPS) is 54.4. The molecule has 0 radical (unpaired) electrons. The zero-order valence-electron chi connectivity index (χ0n) is 22.2. The van der Waals surface area contributed by atoms with Gasteiger partial charge in [0.1, 0.15) is 0 Å². The molecule has 0 saturated heterocycles. The topological polar surface area (TPSA) is 90.1 Å². The van der Waals surface area contributed by atoms with Gasteiger partial charge in [-0.1, -0.05) is 39.8 Å². The van der Waals surface area contributed by atoms with E-state index in [-0.39, 0.29) is 39.6 Å². The summed E-state index contributed by atoms with van der Waals surface area (Å²) < 4.78 is 0. The van der Waals surface area contributed by atoms with Crippen LogP contribution in [0.2, 0.25) is 0 Å². The van der Waals surface area contributed by atoms with Gasteiger partial charge in [0.15, 0.2) is 0 Å². The highest BCUT2D eigenvalue weighted by Gasteiger charge is 2.72. The second-order valence-corrected chi connectivity index (χ2v) is 14.4. The van der Waals surface area contributed by atoms with Gasteiger partial charge in [-0.3, -0.25) is 4.79 Å². The van der Waals surface area contributed by atoms with Crippen molar-refractivity contribution in [1.29, 1.82) is 0 Å². The predicted octanol–water partition coefficient (Wildman–Crippen LogP) is 6.36. The first-order valence-corrected chi connectivity index (χ1v) is 13.9. The number of hydrogen-bond donors (Lipinski definition) is 3. The molecule has 0 amide bonds. The maximum atomic E-state index is 12.8. The van der Waals surface area contributed by atoms with E-state index in [2.05, 4.69) is 39.8 Å². The van der Waals surface area contributed by atoms with E-state index in [0.717, 1.165) is 57.1 Å². The Balaban J connectivity index is 1.57. The average molecular weight is 474 g/mol. The minimum atomic E-state index is -0.665. The Bertz CT molecular complexity index is 899. The van der Waals surface area contributed by atoms with Crippen LogP contribution in [-0.4, -0.2) is 33.2 Å².